The second-order valence-corrected chi connectivity index (χ2v) is 6.46. The van der Waals surface area contributed by atoms with Crippen molar-refractivity contribution in [3.63, 3.8) is 0 Å². The van der Waals surface area contributed by atoms with Crippen LogP contribution >= 0.6 is 0 Å². The number of carbonyl (C=O) groups is 1. The minimum Gasteiger partial charge on any atom is -0.453 e. The average Bonchev–Trinajstić information content (AvgIpc) is 2.97. The van der Waals surface area contributed by atoms with Gasteiger partial charge in [-0.1, -0.05) is 31.0 Å². The van der Waals surface area contributed by atoms with Gasteiger partial charge in [-0.2, -0.15) is 0 Å². The van der Waals surface area contributed by atoms with Crippen LogP contribution in [-0.2, 0) is 0 Å². The Balaban J connectivity index is 1.54. The lowest BCUT2D eigenvalue weighted by Gasteiger charge is -2.39. The Bertz CT molecular complexity index is 627. The van der Waals surface area contributed by atoms with Crippen LogP contribution in [0.5, 0.6) is 0 Å². The van der Waals surface area contributed by atoms with E-state index in [-0.39, 0.29) is 11.8 Å². The second kappa shape index (κ2) is 5.30. The minimum absolute atomic E-state index is 0.0649. The van der Waals surface area contributed by atoms with Crippen LogP contribution in [0.15, 0.2) is 34.7 Å². The van der Waals surface area contributed by atoms with Gasteiger partial charge in [0, 0.05) is 11.4 Å². The highest BCUT2D eigenvalue weighted by Crippen LogP contribution is 2.33. The van der Waals surface area contributed by atoms with Crippen molar-refractivity contribution in [1.29, 1.82) is 0 Å². The van der Waals surface area contributed by atoms with E-state index in [1.54, 1.807) is 0 Å². The number of carbonyl (C=O) groups excluding carboxylic acids is 1. The summed E-state index contributed by atoms with van der Waals surface area (Å²) in [4.78, 5) is 12.7. The lowest BCUT2D eigenvalue weighted by molar-refractivity contribution is 0.0836. The predicted octanol–water partition coefficient (Wildman–Crippen LogP) is 3.93. The summed E-state index contributed by atoms with van der Waals surface area (Å²) in [6.45, 7) is 0. The number of benzene rings is 1. The fraction of sp³-hybridized carbons (Fsp3) is 0.500. The molecule has 2 aliphatic rings. The summed E-state index contributed by atoms with van der Waals surface area (Å²) < 4.78 is 5.73. The third-order valence-electron chi connectivity index (χ3n) is 5.14. The fourth-order valence-electron chi connectivity index (χ4n) is 3.98. The van der Waals surface area contributed by atoms with Gasteiger partial charge in [0.15, 0.2) is 5.76 Å². The zero-order valence-corrected chi connectivity index (χ0v) is 12.2. The van der Waals surface area contributed by atoms with Crippen LogP contribution in [0, 0.1) is 5.92 Å². The number of hydrogen-bond donors (Lipinski definition) is 1. The van der Waals surface area contributed by atoms with Crippen molar-refractivity contribution >= 4 is 16.8 Å². The Hall–Kier alpha value is -1.61. The maximum Gasteiger partial charge on any atom is 0.214 e. The summed E-state index contributed by atoms with van der Waals surface area (Å²) >= 11 is 0. The number of furan rings is 1. The molecule has 0 radical (unpaired) electrons. The quantitative estimate of drug-likeness (QED) is 0.849. The number of piperidine rings is 1. The molecule has 110 valence electrons. The summed E-state index contributed by atoms with van der Waals surface area (Å²) in [7, 11) is 0. The van der Waals surface area contributed by atoms with Crippen LogP contribution < -0.4 is 5.32 Å². The number of rotatable bonds is 2. The SMILES string of the molecule is O=C(c1cc2ccccc2o1)C1CCC2CCCCC2N1. The van der Waals surface area contributed by atoms with Gasteiger partial charge in [-0.05, 0) is 43.7 Å². The number of hydrogen-bond acceptors (Lipinski definition) is 3. The molecule has 0 bridgehead atoms. The van der Waals surface area contributed by atoms with Crippen molar-refractivity contribution < 1.29 is 9.21 Å². The van der Waals surface area contributed by atoms with Gasteiger partial charge in [-0.3, -0.25) is 4.79 Å². The number of ketones is 1. The average molecular weight is 283 g/mol. The normalized spacial score (nSPS) is 29.2. The molecule has 3 heteroatoms. The summed E-state index contributed by atoms with van der Waals surface area (Å²) in [6, 6.07) is 10.2. The first-order valence-electron chi connectivity index (χ1n) is 8.10. The molecule has 1 aliphatic carbocycles. The highest BCUT2D eigenvalue weighted by atomic mass is 16.3. The molecular formula is C18H21NO2. The van der Waals surface area contributed by atoms with E-state index in [0.717, 1.165) is 23.3 Å². The zero-order chi connectivity index (χ0) is 14.2. The topological polar surface area (TPSA) is 42.2 Å². The molecule has 2 heterocycles. The predicted molar refractivity (Wildman–Crippen MR) is 82.4 cm³/mol. The Morgan fingerprint density at radius 3 is 2.86 bits per heavy atom. The fourth-order valence-corrected chi connectivity index (χ4v) is 3.98. The van der Waals surface area contributed by atoms with Crippen LogP contribution in [0.25, 0.3) is 11.0 Å². The van der Waals surface area contributed by atoms with Gasteiger partial charge < -0.3 is 9.73 Å². The summed E-state index contributed by atoms with van der Waals surface area (Å²) in [5.74, 6) is 1.40. The van der Waals surface area contributed by atoms with Gasteiger partial charge in [0.2, 0.25) is 5.78 Å². The maximum absolute atomic E-state index is 12.7. The standard InChI is InChI=1S/C18H21NO2/c20-18(17-11-13-6-2-4-8-16(13)21-17)15-10-9-12-5-1-3-7-14(12)19-15/h2,4,6,8,11-12,14-15,19H,1,3,5,7,9-10H2. The molecule has 1 aromatic heterocycles. The van der Waals surface area contributed by atoms with Crippen molar-refractivity contribution in [2.45, 2.75) is 50.6 Å². The van der Waals surface area contributed by atoms with Crippen molar-refractivity contribution in [1.82, 2.24) is 5.32 Å². The highest BCUT2D eigenvalue weighted by molar-refractivity contribution is 6.01. The van der Waals surface area contributed by atoms with E-state index in [4.69, 9.17) is 4.42 Å². The molecule has 3 nitrogen and oxygen atoms in total. The number of para-hydroxylation sites is 1. The van der Waals surface area contributed by atoms with Gasteiger partial charge in [-0.15, -0.1) is 0 Å². The largest absolute Gasteiger partial charge is 0.453 e. The van der Waals surface area contributed by atoms with Gasteiger partial charge in [0.05, 0.1) is 6.04 Å². The highest BCUT2D eigenvalue weighted by Gasteiger charge is 2.35. The number of nitrogens with one attached hydrogen (secondary N) is 1. The molecular weight excluding hydrogens is 262 g/mol. The second-order valence-electron chi connectivity index (χ2n) is 6.46. The van der Waals surface area contributed by atoms with Crippen LogP contribution in [-0.4, -0.2) is 17.9 Å². The van der Waals surface area contributed by atoms with Crippen LogP contribution in [0.2, 0.25) is 0 Å². The molecule has 0 spiro atoms. The molecule has 1 aromatic carbocycles. The van der Waals surface area contributed by atoms with Crippen molar-refractivity contribution in [2.24, 2.45) is 5.92 Å². The first kappa shape index (κ1) is 13.1. The van der Waals surface area contributed by atoms with Gasteiger partial charge in [-0.25, -0.2) is 0 Å². The van der Waals surface area contributed by atoms with E-state index in [0.29, 0.717) is 11.8 Å². The molecule has 21 heavy (non-hydrogen) atoms. The lowest BCUT2D eigenvalue weighted by Crippen LogP contribution is -2.51. The number of fused-ring (bicyclic) bond motifs is 2. The molecule has 3 atom stereocenters. The first-order valence-corrected chi connectivity index (χ1v) is 8.10. The van der Waals surface area contributed by atoms with E-state index in [1.165, 1.54) is 32.1 Å². The van der Waals surface area contributed by atoms with E-state index in [1.807, 2.05) is 30.3 Å². The molecule has 3 unspecified atom stereocenters. The third-order valence-corrected chi connectivity index (χ3v) is 5.14. The Morgan fingerprint density at radius 1 is 1.10 bits per heavy atom. The van der Waals surface area contributed by atoms with Gasteiger partial charge >= 0.3 is 0 Å². The van der Waals surface area contributed by atoms with E-state index < -0.39 is 0 Å². The molecule has 4 rings (SSSR count). The molecule has 0 amide bonds. The van der Waals surface area contributed by atoms with Gasteiger partial charge in [0.25, 0.3) is 0 Å². The van der Waals surface area contributed by atoms with Crippen molar-refractivity contribution in [3.05, 3.63) is 36.1 Å². The van der Waals surface area contributed by atoms with E-state index in [9.17, 15) is 4.79 Å². The smallest absolute Gasteiger partial charge is 0.214 e. The first-order chi connectivity index (χ1) is 10.3. The molecule has 1 N–H and O–H groups in total. The van der Waals surface area contributed by atoms with Crippen LogP contribution in [0.4, 0.5) is 0 Å². The Labute approximate surface area is 124 Å². The molecule has 1 saturated heterocycles. The van der Waals surface area contributed by atoms with E-state index in [2.05, 4.69) is 5.32 Å². The van der Waals surface area contributed by atoms with Crippen molar-refractivity contribution in [3.8, 4) is 0 Å². The third kappa shape index (κ3) is 2.40. The maximum atomic E-state index is 12.7. The molecule has 1 aliphatic heterocycles. The number of Topliss-reactive ketones (excluding diaryl/α,β-unsaturated/α-hetero) is 1. The summed E-state index contributed by atoms with van der Waals surface area (Å²) in [6.07, 6.45) is 7.30. The molecule has 2 aromatic rings. The van der Waals surface area contributed by atoms with Crippen LogP contribution in [0.1, 0.15) is 49.1 Å². The monoisotopic (exact) mass is 283 g/mol. The minimum atomic E-state index is -0.0649. The zero-order valence-electron chi connectivity index (χ0n) is 12.2. The lowest BCUT2D eigenvalue weighted by atomic mass is 9.77. The Kier molecular flexibility index (Phi) is 3.30. The Morgan fingerprint density at radius 2 is 1.95 bits per heavy atom. The van der Waals surface area contributed by atoms with Crippen LogP contribution in [0.3, 0.4) is 0 Å². The van der Waals surface area contributed by atoms with E-state index >= 15 is 0 Å². The summed E-state index contributed by atoms with van der Waals surface area (Å²) in [5.41, 5.74) is 0.798. The molecule has 2 fully saturated rings. The summed E-state index contributed by atoms with van der Waals surface area (Å²) in [5, 5.41) is 4.60. The van der Waals surface area contributed by atoms with Gasteiger partial charge in [0.1, 0.15) is 5.58 Å². The van der Waals surface area contributed by atoms with Crippen molar-refractivity contribution in [2.75, 3.05) is 0 Å². The molecule has 1 saturated carbocycles.